The lowest BCUT2D eigenvalue weighted by atomic mass is 10.2. The number of aromatic nitrogens is 2. The molecule has 6 heteroatoms. The van der Waals surface area contributed by atoms with E-state index >= 15 is 0 Å². The fourth-order valence-electron chi connectivity index (χ4n) is 2.18. The van der Waals surface area contributed by atoms with Crippen molar-refractivity contribution in [2.24, 2.45) is 0 Å². The Morgan fingerprint density at radius 3 is 2.55 bits per heavy atom. The van der Waals surface area contributed by atoms with Gasteiger partial charge in [0.15, 0.2) is 11.5 Å². The standard InChI is InChI=1S/C16H14IN3O2/c1-21-14-6-4-11(8-15(14)22-2)20-16-12-7-10(17)3-5-13(12)18-9-19-16/h3-9H,1-2H3,(H,18,19,20). The van der Waals surface area contributed by atoms with Crippen molar-refractivity contribution in [1.29, 1.82) is 0 Å². The van der Waals surface area contributed by atoms with Crippen LogP contribution in [0.3, 0.4) is 0 Å². The van der Waals surface area contributed by atoms with Gasteiger partial charge in [-0.3, -0.25) is 0 Å². The molecule has 3 aromatic rings. The number of nitrogens with zero attached hydrogens (tertiary/aromatic N) is 2. The molecule has 0 unspecified atom stereocenters. The SMILES string of the molecule is COc1ccc(Nc2ncnc3ccc(I)cc23)cc1OC. The van der Waals surface area contributed by atoms with Crippen LogP contribution in [-0.2, 0) is 0 Å². The van der Waals surface area contributed by atoms with Crippen LogP contribution < -0.4 is 14.8 Å². The molecule has 0 radical (unpaired) electrons. The maximum atomic E-state index is 5.32. The summed E-state index contributed by atoms with van der Waals surface area (Å²) in [5.74, 6) is 2.12. The molecule has 5 nitrogen and oxygen atoms in total. The second kappa shape index (κ2) is 6.35. The molecule has 0 saturated heterocycles. The molecule has 0 aliphatic rings. The summed E-state index contributed by atoms with van der Waals surface area (Å²) in [4.78, 5) is 8.63. The lowest BCUT2D eigenvalue weighted by Crippen LogP contribution is -1.97. The smallest absolute Gasteiger partial charge is 0.162 e. The number of rotatable bonds is 4. The minimum Gasteiger partial charge on any atom is -0.493 e. The van der Waals surface area contributed by atoms with Crippen molar-refractivity contribution < 1.29 is 9.47 Å². The van der Waals surface area contributed by atoms with Gasteiger partial charge in [0.25, 0.3) is 0 Å². The van der Waals surface area contributed by atoms with Crippen molar-refractivity contribution in [3.63, 3.8) is 0 Å². The van der Waals surface area contributed by atoms with Crippen LogP contribution in [0.5, 0.6) is 11.5 Å². The summed E-state index contributed by atoms with van der Waals surface area (Å²) in [5.41, 5.74) is 1.77. The first kappa shape index (κ1) is 14.8. The molecular weight excluding hydrogens is 393 g/mol. The summed E-state index contributed by atoms with van der Waals surface area (Å²) in [7, 11) is 3.23. The van der Waals surface area contributed by atoms with Gasteiger partial charge in [-0.2, -0.15) is 0 Å². The second-order valence-electron chi connectivity index (χ2n) is 4.58. The highest BCUT2D eigenvalue weighted by Crippen LogP contribution is 2.32. The van der Waals surface area contributed by atoms with Crippen molar-refractivity contribution in [2.75, 3.05) is 19.5 Å². The fourth-order valence-corrected chi connectivity index (χ4v) is 2.67. The highest BCUT2D eigenvalue weighted by molar-refractivity contribution is 14.1. The quantitative estimate of drug-likeness (QED) is 0.663. The van der Waals surface area contributed by atoms with Crippen LogP contribution in [0.15, 0.2) is 42.7 Å². The summed E-state index contributed by atoms with van der Waals surface area (Å²) in [6, 6.07) is 11.7. The first-order valence-corrected chi connectivity index (χ1v) is 7.68. The third-order valence-corrected chi connectivity index (χ3v) is 3.91. The maximum absolute atomic E-state index is 5.32. The fraction of sp³-hybridized carbons (Fsp3) is 0.125. The van der Waals surface area contributed by atoms with E-state index in [9.17, 15) is 0 Å². The Bertz CT molecular complexity index is 824. The number of hydrogen-bond donors (Lipinski definition) is 1. The van der Waals surface area contributed by atoms with E-state index in [1.165, 1.54) is 0 Å². The van der Waals surface area contributed by atoms with E-state index in [0.29, 0.717) is 11.5 Å². The number of fused-ring (bicyclic) bond motifs is 1. The molecule has 1 heterocycles. The van der Waals surface area contributed by atoms with Crippen LogP contribution in [-0.4, -0.2) is 24.2 Å². The van der Waals surface area contributed by atoms with Crippen LogP contribution in [0.25, 0.3) is 10.9 Å². The van der Waals surface area contributed by atoms with E-state index in [0.717, 1.165) is 26.0 Å². The van der Waals surface area contributed by atoms with E-state index in [1.54, 1.807) is 20.5 Å². The number of hydrogen-bond acceptors (Lipinski definition) is 5. The molecule has 112 valence electrons. The predicted molar refractivity (Wildman–Crippen MR) is 95.1 cm³/mol. The molecule has 3 rings (SSSR count). The Morgan fingerprint density at radius 2 is 1.77 bits per heavy atom. The Labute approximate surface area is 141 Å². The molecule has 0 fully saturated rings. The minimum absolute atomic E-state index is 0.667. The summed E-state index contributed by atoms with van der Waals surface area (Å²) < 4.78 is 11.7. The highest BCUT2D eigenvalue weighted by Gasteiger charge is 2.08. The number of halogens is 1. The molecule has 22 heavy (non-hydrogen) atoms. The van der Waals surface area contributed by atoms with Crippen molar-refractivity contribution in [1.82, 2.24) is 9.97 Å². The molecule has 0 atom stereocenters. The number of nitrogens with one attached hydrogen (secondary N) is 1. The van der Waals surface area contributed by atoms with Gasteiger partial charge in [0, 0.05) is 20.7 Å². The van der Waals surface area contributed by atoms with E-state index in [4.69, 9.17) is 9.47 Å². The lowest BCUT2D eigenvalue weighted by molar-refractivity contribution is 0.355. The van der Waals surface area contributed by atoms with Crippen molar-refractivity contribution in [3.8, 4) is 11.5 Å². The molecule has 1 N–H and O–H groups in total. The van der Waals surface area contributed by atoms with E-state index < -0.39 is 0 Å². The average Bonchev–Trinajstić information content (AvgIpc) is 2.55. The summed E-state index contributed by atoms with van der Waals surface area (Å²) in [6.45, 7) is 0. The van der Waals surface area contributed by atoms with E-state index in [1.807, 2.05) is 30.3 Å². The van der Waals surface area contributed by atoms with Crippen LogP contribution in [0.1, 0.15) is 0 Å². The third-order valence-electron chi connectivity index (χ3n) is 3.24. The van der Waals surface area contributed by atoms with Crippen LogP contribution in [0.2, 0.25) is 0 Å². The molecule has 0 amide bonds. The second-order valence-corrected chi connectivity index (χ2v) is 5.82. The predicted octanol–water partition coefficient (Wildman–Crippen LogP) is 4.00. The van der Waals surface area contributed by atoms with Gasteiger partial charge < -0.3 is 14.8 Å². The van der Waals surface area contributed by atoms with Gasteiger partial charge in [0.1, 0.15) is 12.1 Å². The first-order valence-electron chi connectivity index (χ1n) is 6.60. The number of methoxy groups -OCH3 is 2. The van der Waals surface area contributed by atoms with E-state index in [2.05, 4.69) is 43.9 Å². The molecule has 1 aromatic heterocycles. The number of anilines is 2. The molecule has 0 aliphatic heterocycles. The molecule has 2 aromatic carbocycles. The van der Waals surface area contributed by atoms with E-state index in [-0.39, 0.29) is 0 Å². The van der Waals surface area contributed by atoms with Crippen LogP contribution >= 0.6 is 22.6 Å². The zero-order chi connectivity index (χ0) is 15.5. The highest BCUT2D eigenvalue weighted by atomic mass is 127. The Hall–Kier alpha value is -2.09. The van der Waals surface area contributed by atoms with Gasteiger partial charge in [-0.15, -0.1) is 0 Å². The maximum Gasteiger partial charge on any atom is 0.162 e. The van der Waals surface area contributed by atoms with Crippen molar-refractivity contribution in [2.45, 2.75) is 0 Å². The average molecular weight is 407 g/mol. The zero-order valence-corrected chi connectivity index (χ0v) is 14.3. The number of benzene rings is 2. The molecule has 0 bridgehead atoms. The van der Waals surface area contributed by atoms with Crippen molar-refractivity contribution in [3.05, 3.63) is 46.3 Å². The minimum atomic E-state index is 0.667. The molecular formula is C16H14IN3O2. The Kier molecular flexibility index (Phi) is 4.28. The van der Waals surface area contributed by atoms with Crippen LogP contribution in [0, 0.1) is 3.57 Å². The topological polar surface area (TPSA) is 56.3 Å². The summed E-state index contributed by atoms with van der Waals surface area (Å²) in [6.07, 6.45) is 1.55. The van der Waals surface area contributed by atoms with Gasteiger partial charge in [0.2, 0.25) is 0 Å². The normalized spacial score (nSPS) is 10.5. The van der Waals surface area contributed by atoms with Gasteiger partial charge in [-0.05, 0) is 52.9 Å². The molecule has 0 saturated carbocycles. The first-order chi connectivity index (χ1) is 10.7. The monoisotopic (exact) mass is 407 g/mol. The lowest BCUT2D eigenvalue weighted by Gasteiger charge is -2.12. The zero-order valence-electron chi connectivity index (χ0n) is 12.1. The Balaban J connectivity index is 2.01. The van der Waals surface area contributed by atoms with Crippen LogP contribution in [0.4, 0.5) is 11.5 Å². The summed E-state index contributed by atoms with van der Waals surface area (Å²) in [5, 5.41) is 4.29. The molecule has 0 spiro atoms. The van der Waals surface area contributed by atoms with Gasteiger partial charge >= 0.3 is 0 Å². The van der Waals surface area contributed by atoms with Crippen molar-refractivity contribution >= 4 is 45.0 Å². The Morgan fingerprint density at radius 1 is 0.955 bits per heavy atom. The third kappa shape index (κ3) is 2.92. The largest absolute Gasteiger partial charge is 0.493 e. The number of ether oxygens (including phenoxy) is 2. The van der Waals surface area contributed by atoms with Gasteiger partial charge in [-0.1, -0.05) is 0 Å². The molecule has 0 aliphatic carbocycles. The summed E-state index contributed by atoms with van der Waals surface area (Å²) >= 11 is 2.28. The van der Waals surface area contributed by atoms with Gasteiger partial charge in [-0.25, -0.2) is 9.97 Å². The van der Waals surface area contributed by atoms with Gasteiger partial charge in [0.05, 0.1) is 19.7 Å².